The van der Waals surface area contributed by atoms with E-state index >= 15 is 0 Å². The van der Waals surface area contributed by atoms with Gasteiger partial charge in [-0.25, -0.2) is 4.98 Å². The van der Waals surface area contributed by atoms with E-state index in [0.717, 1.165) is 37.9 Å². The van der Waals surface area contributed by atoms with Crippen molar-refractivity contribution in [2.45, 2.75) is 12.8 Å². The lowest BCUT2D eigenvalue weighted by Gasteiger charge is -2.35. The molecule has 0 aliphatic carbocycles. The Bertz CT molecular complexity index is 861. The fourth-order valence-electron chi connectivity index (χ4n) is 3.95. The summed E-state index contributed by atoms with van der Waals surface area (Å²) in [6.45, 7) is 4.76. The molecule has 2 aliphatic heterocycles. The van der Waals surface area contributed by atoms with Crippen LogP contribution in [-0.4, -0.2) is 74.3 Å². The summed E-state index contributed by atoms with van der Waals surface area (Å²) in [7, 11) is 3.13. The van der Waals surface area contributed by atoms with Crippen molar-refractivity contribution in [1.82, 2.24) is 14.9 Å². The van der Waals surface area contributed by atoms with Crippen LogP contribution in [0.4, 0.5) is 11.8 Å². The van der Waals surface area contributed by atoms with Crippen molar-refractivity contribution in [1.29, 1.82) is 0 Å². The molecule has 2 aromatic rings. The Morgan fingerprint density at radius 1 is 0.931 bits per heavy atom. The summed E-state index contributed by atoms with van der Waals surface area (Å²) in [4.78, 5) is 28.6. The molecule has 0 atom stereocenters. The Morgan fingerprint density at radius 3 is 2.38 bits per heavy atom. The molecule has 3 heterocycles. The third-order valence-corrected chi connectivity index (χ3v) is 5.54. The second-order valence-electron chi connectivity index (χ2n) is 7.23. The average Bonchev–Trinajstić information content (AvgIpc) is 3.33. The Labute approximate surface area is 171 Å². The number of methoxy groups -OCH3 is 2. The second kappa shape index (κ2) is 8.55. The predicted molar refractivity (Wildman–Crippen MR) is 111 cm³/mol. The van der Waals surface area contributed by atoms with Gasteiger partial charge in [0.25, 0.3) is 5.91 Å². The van der Waals surface area contributed by atoms with E-state index in [1.165, 1.54) is 12.8 Å². The minimum Gasteiger partial charge on any atom is -0.493 e. The number of rotatable bonds is 5. The van der Waals surface area contributed by atoms with Crippen molar-refractivity contribution < 1.29 is 14.3 Å². The van der Waals surface area contributed by atoms with Crippen LogP contribution in [0.15, 0.2) is 30.5 Å². The number of para-hydroxylation sites is 1. The molecule has 0 radical (unpaired) electrons. The molecule has 1 aromatic carbocycles. The summed E-state index contributed by atoms with van der Waals surface area (Å²) in [6.07, 6.45) is 4.22. The summed E-state index contributed by atoms with van der Waals surface area (Å²) in [5.41, 5.74) is 0.527. The summed E-state index contributed by atoms with van der Waals surface area (Å²) < 4.78 is 10.7. The molecule has 2 aliphatic rings. The number of piperazine rings is 1. The number of nitrogens with zero attached hydrogens (tertiary/aromatic N) is 5. The van der Waals surface area contributed by atoms with Gasteiger partial charge in [0.05, 0.1) is 19.8 Å². The fraction of sp³-hybridized carbons (Fsp3) is 0.476. The third kappa shape index (κ3) is 3.92. The maximum absolute atomic E-state index is 13.1. The first-order valence-electron chi connectivity index (χ1n) is 10.0. The molecule has 8 heteroatoms. The summed E-state index contributed by atoms with van der Waals surface area (Å²) in [6, 6.07) is 7.33. The summed E-state index contributed by atoms with van der Waals surface area (Å²) in [5.74, 6) is 2.73. The van der Waals surface area contributed by atoms with Gasteiger partial charge in [-0.2, -0.15) is 4.98 Å². The van der Waals surface area contributed by atoms with E-state index in [4.69, 9.17) is 14.5 Å². The van der Waals surface area contributed by atoms with Gasteiger partial charge in [-0.05, 0) is 31.0 Å². The van der Waals surface area contributed by atoms with Crippen molar-refractivity contribution in [3.05, 3.63) is 36.0 Å². The Hall–Kier alpha value is -3.03. The molecule has 0 N–H and O–H groups in total. The van der Waals surface area contributed by atoms with E-state index in [2.05, 4.69) is 14.8 Å². The number of carbonyl (C=O) groups is 1. The average molecular weight is 397 g/mol. The van der Waals surface area contributed by atoms with Crippen LogP contribution in [0, 0.1) is 0 Å². The number of amides is 1. The number of aromatic nitrogens is 2. The first-order chi connectivity index (χ1) is 14.2. The normalized spacial score (nSPS) is 16.8. The van der Waals surface area contributed by atoms with Crippen LogP contribution in [-0.2, 0) is 0 Å². The van der Waals surface area contributed by atoms with Gasteiger partial charge in [0.1, 0.15) is 5.82 Å². The van der Waals surface area contributed by atoms with Gasteiger partial charge < -0.3 is 24.2 Å². The number of hydrogen-bond acceptors (Lipinski definition) is 7. The molecule has 0 bridgehead atoms. The van der Waals surface area contributed by atoms with Crippen LogP contribution in [0.5, 0.6) is 11.5 Å². The number of hydrogen-bond donors (Lipinski definition) is 0. The van der Waals surface area contributed by atoms with Gasteiger partial charge in [-0.1, -0.05) is 6.07 Å². The smallest absolute Gasteiger partial charge is 0.257 e. The summed E-state index contributed by atoms with van der Waals surface area (Å²) >= 11 is 0. The number of carbonyl (C=O) groups excluding carboxylic acids is 1. The molecular formula is C21H27N5O3. The van der Waals surface area contributed by atoms with Gasteiger partial charge >= 0.3 is 0 Å². The second-order valence-corrected chi connectivity index (χ2v) is 7.23. The van der Waals surface area contributed by atoms with Crippen LogP contribution >= 0.6 is 0 Å². The number of benzene rings is 1. The minimum absolute atomic E-state index is 0.0409. The monoisotopic (exact) mass is 397 g/mol. The first kappa shape index (κ1) is 19.3. The lowest BCUT2D eigenvalue weighted by molar-refractivity contribution is 0.0742. The zero-order valence-corrected chi connectivity index (χ0v) is 17.0. The molecule has 0 saturated carbocycles. The van der Waals surface area contributed by atoms with Crippen molar-refractivity contribution in [2.24, 2.45) is 0 Å². The van der Waals surface area contributed by atoms with Crippen LogP contribution in [0.1, 0.15) is 23.2 Å². The maximum atomic E-state index is 13.1. The quantitative estimate of drug-likeness (QED) is 0.765. The molecule has 1 aromatic heterocycles. The van der Waals surface area contributed by atoms with Crippen LogP contribution < -0.4 is 19.3 Å². The largest absolute Gasteiger partial charge is 0.493 e. The number of ether oxygens (including phenoxy) is 2. The zero-order valence-electron chi connectivity index (χ0n) is 17.0. The van der Waals surface area contributed by atoms with Crippen molar-refractivity contribution in [3.63, 3.8) is 0 Å². The molecule has 1 amide bonds. The van der Waals surface area contributed by atoms with Gasteiger partial charge in [0.15, 0.2) is 11.5 Å². The van der Waals surface area contributed by atoms with Gasteiger partial charge in [0, 0.05) is 45.5 Å². The van der Waals surface area contributed by atoms with E-state index in [0.29, 0.717) is 30.2 Å². The highest BCUT2D eigenvalue weighted by atomic mass is 16.5. The van der Waals surface area contributed by atoms with Gasteiger partial charge in [0.2, 0.25) is 5.95 Å². The topological polar surface area (TPSA) is 71.0 Å². The molecular weight excluding hydrogens is 370 g/mol. The number of anilines is 2. The molecule has 29 heavy (non-hydrogen) atoms. The van der Waals surface area contributed by atoms with Crippen LogP contribution in [0.2, 0.25) is 0 Å². The Balaban J connectivity index is 1.43. The molecule has 0 spiro atoms. The Morgan fingerprint density at radius 2 is 1.69 bits per heavy atom. The van der Waals surface area contributed by atoms with E-state index < -0.39 is 0 Å². The van der Waals surface area contributed by atoms with E-state index in [-0.39, 0.29) is 5.91 Å². The zero-order chi connectivity index (χ0) is 20.2. The van der Waals surface area contributed by atoms with E-state index in [9.17, 15) is 4.79 Å². The van der Waals surface area contributed by atoms with E-state index in [1.807, 2.05) is 23.2 Å². The first-order valence-corrected chi connectivity index (χ1v) is 10.0. The predicted octanol–water partition coefficient (Wildman–Crippen LogP) is 2.06. The molecule has 154 valence electrons. The Kier molecular flexibility index (Phi) is 5.69. The molecule has 0 unspecified atom stereocenters. The molecule has 4 rings (SSSR count). The highest BCUT2D eigenvalue weighted by Gasteiger charge is 2.26. The van der Waals surface area contributed by atoms with Crippen LogP contribution in [0.25, 0.3) is 0 Å². The fourth-order valence-corrected chi connectivity index (χ4v) is 3.95. The molecule has 8 nitrogen and oxygen atoms in total. The highest BCUT2D eigenvalue weighted by Crippen LogP contribution is 2.32. The van der Waals surface area contributed by atoms with Crippen LogP contribution in [0.3, 0.4) is 0 Å². The minimum atomic E-state index is -0.0409. The lowest BCUT2D eigenvalue weighted by Crippen LogP contribution is -2.49. The van der Waals surface area contributed by atoms with Crippen molar-refractivity contribution >= 4 is 17.7 Å². The SMILES string of the molecule is COc1cccc(C(=O)N2CCN(c3ccnc(N4CCCC4)n3)CC2)c1OC. The van der Waals surface area contributed by atoms with Crippen molar-refractivity contribution in [2.75, 3.05) is 63.3 Å². The van der Waals surface area contributed by atoms with E-state index in [1.54, 1.807) is 26.4 Å². The van der Waals surface area contributed by atoms with Crippen molar-refractivity contribution in [3.8, 4) is 11.5 Å². The lowest BCUT2D eigenvalue weighted by atomic mass is 10.1. The maximum Gasteiger partial charge on any atom is 0.257 e. The molecule has 2 saturated heterocycles. The van der Waals surface area contributed by atoms with Gasteiger partial charge in [-0.3, -0.25) is 4.79 Å². The standard InChI is InChI=1S/C21H27N5O3/c1-28-17-7-5-6-16(19(17)29-2)20(27)25-14-12-24(13-15-25)18-8-9-22-21(23-18)26-10-3-4-11-26/h5-9H,3-4,10-15H2,1-2H3. The van der Waals surface area contributed by atoms with Gasteiger partial charge in [-0.15, -0.1) is 0 Å². The molecule has 2 fully saturated rings. The third-order valence-electron chi connectivity index (χ3n) is 5.54. The summed E-state index contributed by atoms with van der Waals surface area (Å²) in [5, 5.41) is 0. The highest BCUT2D eigenvalue weighted by molar-refractivity contribution is 5.98.